The van der Waals surface area contributed by atoms with Gasteiger partial charge in [0.05, 0.1) is 18.7 Å². The number of hydrogen-bond donors (Lipinski definition) is 5. The van der Waals surface area contributed by atoms with Gasteiger partial charge in [-0.15, -0.1) is 0 Å². The van der Waals surface area contributed by atoms with Crippen LogP contribution in [0, 0.1) is 0 Å². The summed E-state index contributed by atoms with van der Waals surface area (Å²) < 4.78 is 5.79. The molecule has 33 heavy (non-hydrogen) atoms. The van der Waals surface area contributed by atoms with E-state index in [1.54, 1.807) is 0 Å². The van der Waals surface area contributed by atoms with Gasteiger partial charge in [-0.25, -0.2) is 4.79 Å². The maximum absolute atomic E-state index is 12.8. The first-order chi connectivity index (χ1) is 16.0. The summed E-state index contributed by atoms with van der Waals surface area (Å²) in [5, 5.41) is 30.1. The molecule has 0 spiro atoms. The van der Waals surface area contributed by atoms with Gasteiger partial charge in [0.15, 0.2) is 0 Å². The number of amides is 3. The van der Waals surface area contributed by atoms with Crippen LogP contribution in [0.25, 0.3) is 0 Å². The number of carbonyl (C=O) groups excluding carboxylic acids is 2. The average molecular weight is 468 g/mol. The number of nitrogens with zero attached hydrogens (tertiary/aromatic N) is 2. The molecule has 0 radical (unpaired) electrons. The highest BCUT2D eigenvalue weighted by atomic mass is 16.5. The number of carbonyl (C=O) groups is 2. The molecule has 188 valence electrons. The SMILES string of the molecule is O=C(NCC1OC(CC(=O)N2CCN(C3CCCCN3)CC2)C(O)C1O)NC1CCCCC1. The van der Waals surface area contributed by atoms with Gasteiger partial charge < -0.3 is 35.8 Å². The monoisotopic (exact) mass is 467 g/mol. The Labute approximate surface area is 196 Å². The van der Waals surface area contributed by atoms with Crippen molar-refractivity contribution in [2.75, 3.05) is 39.3 Å². The lowest BCUT2D eigenvalue weighted by Gasteiger charge is -2.41. The van der Waals surface area contributed by atoms with Gasteiger partial charge in [-0.2, -0.15) is 0 Å². The molecule has 0 bridgehead atoms. The Balaban J connectivity index is 1.18. The maximum atomic E-state index is 12.8. The van der Waals surface area contributed by atoms with E-state index in [1.807, 2.05) is 4.90 Å². The number of piperazine rings is 1. The van der Waals surface area contributed by atoms with E-state index in [2.05, 4.69) is 20.9 Å². The van der Waals surface area contributed by atoms with Crippen molar-refractivity contribution in [3.05, 3.63) is 0 Å². The van der Waals surface area contributed by atoms with Crippen LogP contribution in [0.2, 0.25) is 0 Å². The van der Waals surface area contributed by atoms with E-state index in [9.17, 15) is 19.8 Å². The van der Waals surface area contributed by atoms with Gasteiger partial charge in [-0.3, -0.25) is 9.69 Å². The molecule has 0 aromatic heterocycles. The molecule has 3 heterocycles. The highest BCUT2D eigenvalue weighted by Gasteiger charge is 2.44. The van der Waals surface area contributed by atoms with Crippen LogP contribution in [0.5, 0.6) is 0 Å². The van der Waals surface area contributed by atoms with E-state index in [1.165, 1.54) is 19.3 Å². The second kappa shape index (κ2) is 11.8. The minimum absolute atomic E-state index is 0.0324. The predicted molar refractivity (Wildman–Crippen MR) is 122 cm³/mol. The van der Waals surface area contributed by atoms with Gasteiger partial charge in [-0.1, -0.05) is 19.3 Å². The van der Waals surface area contributed by atoms with Crippen molar-refractivity contribution in [1.82, 2.24) is 25.8 Å². The zero-order valence-electron chi connectivity index (χ0n) is 19.6. The number of piperidine rings is 1. The molecule has 3 aliphatic heterocycles. The Bertz CT molecular complexity index is 647. The topological polar surface area (TPSA) is 126 Å². The highest BCUT2D eigenvalue weighted by Crippen LogP contribution is 2.25. The number of rotatable bonds is 6. The van der Waals surface area contributed by atoms with Crippen LogP contribution in [0.4, 0.5) is 4.79 Å². The van der Waals surface area contributed by atoms with Gasteiger partial charge in [0.2, 0.25) is 5.91 Å². The molecule has 1 saturated carbocycles. The lowest BCUT2D eigenvalue weighted by Crippen LogP contribution is -2.57. The van der Waals surface area contributed by atoms with Crippen molar-refractivity contribution < 1.29 is 24.5 Å². The van der Waals surface area contributed by atoms with Crippen LogP contribution in [0.1, 0.15) is 57.8 Å². The molecule has 0 aromatic rings. The minimum atomic E-state index is -1.14. The number of aliphatic hydroxyl groups is 2. The third-order valence-electron chi connectivity index (χ3n) is 7.63. The summed E-state index contributed by atoms with van der Waals surface area (Å²) in [7, 11) is 0. The van der Waals surface area contributed by atoms with Crippen LogP contribution in [-0.2, 0) is 9.53 Å². The normalized spacial score (nSPS) is 34.2. The van der Waals surface area contributed by atoms with Crippen molar-refractivity contribution in [1.29, 1.82) is 0 Å². The van der Waals surface area contributed by atoms with E-state index in [0.717, 1.165) is 51.7 Å². The number of aliphatic hydroxyl groups excluding tert-OH is 2. The predicted octanol–water partition coefficient (Wildman–Crippen LogP) is -0.259. The molecule has 3 saturated heterocycles. The van der Waals surface area contributed by atoms with Crippen molar-refractivity contribution in [2.24, 2.45) is 0 Å². The fraction of sp³-hybridized carbons (Fsp3) is 0.913. The average Bonchev–Trinajstić information content (AvgIpc) is 3.12. The van der Waals surface area contributed by atoms with Crippen LogP contribution in [-0.4, -0.2) is 108 Å². The second-order valence-corrected chi connectivity index (χ2v) is 9.97. The first-order valence-electron chi connectivity index (χ1n) is 12.8. The van der Waals surface area contributed by atoms with Gasteiger partial charge in [-0.05, 0) is 38.6 Å². The molecule has 4 aliphatic rings. The van der Waals surface area contributed by atoms with E-state index in [-0.39, 0.29) is 30.9 Å². The minimum Gasteiger partial charge on any atom is -0.388 e. The Morgan fingerprint density at radius 2 is 1.61 bits per heavy atom. The Morgan fingerprint density at radius 1 is 0.909 bits per heavy atom. The van der Waals surface area contributed by atoms with Crippen LogP contribution >= 0.6 is 0 Å². The number of nitrogens with one attached hydrogen (secondary N) is 3. The molecule has 4 fully saturated rings. The molecule has 0 aromatic carbocycles. The molecule has 1 aliphatic carbocycles. The fourth-order valence-corrected chi connectivity index (χ4v) is 5.57. The smallest absolute Gasteiger partial charge is 0.315 e. The highest BCUT2D eigenvalue weighted by molar-refractivity contribution is 5.77. The summed E-state index contributed by atoms with van der Waals surface area (Å²) >= 11 is 0. The lowest BCUT2D eigenvalue weighted by molar-refractivity contribution is -0.137. The summed E-state index contributed by atoms with van der Waals surface area (Å²) in [5.74, 6) is -0.0637. The first kappa shape index (κ1) is 24.7. The van der Waals surface area contributed by atoms with Gasteiger partial charge in [0.25, 0.3) is 0 Å². The second-order valence-electron chi connectivity index (χ2n) is 9.97. The molecule has 5 N–H and O–H groups in total. The van der Waals surface area contributed by atoms with Crippen molar-refractivity contribution in [3.8, 4) is 0 Å². The Hall–Kier alpha value is -1.46. The number of ether oxygens (including phenoxy) is 1. The summed E-state index contributed by atoms with van der Waals surface area (Å²) in [6.45, 7) is 4.14. The van der Waals surface area contributed by atoms with E-state index in [4.69, 9.17) is 4.74 Å². The van der Waals surface area contributed by atoms with Crippen LogP contribution < -0.4 is 16.0 Å². The van der Waals surface area contributed by atoms with Gasteiger partial charge in [0.1, 0.15) is 18.3 Å². The first-order valence-corrected chi connectivity index (χ1v) is 12.8. The summed E-state index contributed by atoms with van der Waals surface area (Å²) in [5.41, 5.74) is 0. The number of urea groups is 1. The summed E-state index contributed by atoms with van der Waals surface area (Å²) in [6.07, 6.45) is 5.75. The van der Waals surface area contributed by atoms with Crippen molar-refractivity contribution in [2.45, 2.75) is 94.4 Å². The largest absolute Gasteiger partial charge is 0.388 e. The third-order valence-corrected chi connectivity index (χ3v) is 7.63. The molecule has 5 unspecified atom stereocenters. The van der Waals surface area contributed by atoms with E-state index in [0.29, 0.717) is 19.3 Å². The molecular weight excluding hydrogens is 426 g/mol. The van der Waals surface area contributed by atoms with Crippen molar-refractivity contribution >= 4 is 11.9 Å². The van der Waals surface area contributed by atoms with Crippen LogP contribution in [0.3, 0.4) is 0 Å². The quantitative estimate of drug-likeness (QED) is 0.364. The fourth-order valence-electron chi connectivity index (χ4n) is 5.57. The molecule has 10 heteroatoms. The lowest BCUT2D eigenvalue weighted by atomic mass is 9.96. The molecular formula is C23H41N5O5. The van der Waals surface area contributed by atoms with Gasteiger partial charge >= 0.3 is 6.03 Å². The summed E-state index contributed by atoms with van der Waals surface area (Å²) in [6, 6.07) is -0.0875. The van der Waals surface area contributed by atoms with E-state index >= 15 is 0 Å². The summed E-state index contributed by atoms with van der Waals surface area (Å²) in [4.78, 5) is 29.2. The maximum Gasteiger partial charge on any atom is 0.315 e. The zero-order chi connectivity index (χ0) is 23.2. The molecule has 3 amide bonds. The molecule has 10 nitrogen and oxygen atoms in total. The van der Waals surface area contributed by atoms with Crippen LogP contribution in [0.15, 0.2) is 0 Å². The third kappa shape index (κ3) is 6.57. The van der Waals surface area contributed by atoms with Gasteiger partial charge in [0, 0.05) is 38.8 Å². The van der Waals surface area contributed by atoms with E-state index < -0.39 is 24.4 Å². The van der Waals surface area contributed by atoms with Crippen molar-refractivity contribution in [3.63, 3.8) is 0 Å². The number of hydrogen-bond acceptors (Lipinski definition) is 7. The molecule has 5 atom stereocenters. The molecule has 4 rings (SSSR count). The Kier molecular flexibility index (Phi) is 8.81. The Morgan fingerprint density at radius 3 is 2.30 bits per heavy atom. The standard InChI is InChI=1S/C23H41N5O5/c29-20(28-12-10-27(11-13-28)19-8-4-5-9-24-19)14-17-21(30)22(31)18(33-17)15-25-23(32)26-16-6-2-1-3-7-16/h16-19,21-22,24,30-31H,1-15H2,(H2,25,26,32). The zero-order valence-corrected chi connectivity index (χ0v) is 19.6.